The smallest absolute Gasteiger partial charge is 0.159 e. The van der Waals surface area contributed by atoms with Gasteiger partial charge in [0, 0.05) is 38.6 Å². The fourth-order valence-corrected chi connectivity index (χ4v) is 8.39. The monoisotopic (exact) mass is 676 g/mol. The van der Waals surface area contributed by atoms with Crippen molar-refractivity contribution in [2.24, 2.45) is 0 Å². The Morgan fingerprint density at radius 2 is 1.09 bits per heavy atom. The van der Waals surface area contributed by atoms with Crippen molar-refractivity contribution in [3.05, 3.63) is 194 Å². The second-order valence-corrected chi connectivity index (χ2v) is 13.7. The molecule has 0 radical (unpaired) electrons. The van der Waals surface area contributed by atoms with Gasteiger partial charge in [-0.1, -0.05) is 133 Å². The van der Waals surface area contributed by atoms with Gasteiger partial charge in [-0.2, -0.15) is 0 Å². The lowest BCUT2D eigenvalue weighted by atomic mass is 9.96. The number of fused-ring (bicyclic) bond motifs is 9. The molecular weight excluding hydrogens is 645 g/mol. The van der Waals surface area contributed by atoms with Crippen LogP contribution >= 0.6 is 0 Å². The molecule has 0 spiro atoms. The van der Waals surface area contributed by atoms with Gasteiger partial charge in [0.15, 0.2) is 5.58 Å². The van der Waals surface area contributed by atoms with E-state index < -0.39 is 0 Å². The van der Waals surface area contributed by atoms with E-state index in [1.54, 1.807) is 0 Å². The highest BCUT2D eigenvalue weighted by atomic mass is 16.3. The maximum atomic E-state index is 6.89. The van der Waals surface area contributed by atoms with Gasteiger partial charge in [0.05, 0.1) is 16.7 Å². The van der Waals surface area contributed by atoms with Crippen LogP contribution in [0.5, 0.6) is 0 Å². The van der Waals surface area contributed by atoms with Gasteiger partial charge in [-0.15, -0.1) is 0 Å². The molecule has 3 heteroatoms. The summed E-state index contributed by atoms with van der Waals surface area (Å²) in [5.74, 6) is 0. The average molecular weight is 677 g/mol. The van der Waals surface area contributed by atoms with Crippen LogP contribution < -0.4 is 4.90 Å². The van der Waals surface area contributed by atoms with Gasteiger partial charge >= 0.3 is 0 Å². The van der Waals surface area contributed by atoms with Crippen molar-refractivity contribution >= 4 is 82.4 Å². The van der Waals surface area contributed by atoms with Gasteiger partial charge in [0.1, 0.15) is 5.58 Å². The third-order valence-electron chi connectivity index (χ3n) is 10.7. The first-order chi connectivity index (χ1) is 26.3. The van der Waals surface area contributed by atoms with E-state index >= 15 is 0 Å². The maximum absolute atomic E-state index is 6.89. The Labute approximate surface area is 306 Å². The fourth-order valence-electron chi connectivity index (χ4n) is 8.39. The second-order valence-electron chi connectivity index (χ2n) is 13.7. The van der Waals surface area contributed by atoms with Crippen LogP contribution in [0, 0.1) is 0 Å². The SMILES string of the molecule is c1ccc(-c2cc(N(c3ccc4c(c3)c3ccccc3n4-c3ccccc3)c3cccc4c3oc3ccc5ccccc5c34)cc3ccccc23)cc1. The largest absolute Gasteiger partial charge is 0.454 e. The molecule has 0 amide bonds. The molecular formula is C50H32N2O. The van der Waals surface area contributed by atoms with Crippen LogP contribution in [0.4, 0.5) is 17.1 Å². The minimum atomic E-state index is 0.861. The highest BCUT2D eigenvalue weighted by molar-refractivity contribution is 6.21. The number of furan rings is 1. The Morgan fingerprint density at radius 3 is 1.94 bits per heavy atom. The third kappa shape index (κ3) is 4.61. The predicted molar refractivity (Wildman–Crippen MR) is 223 cm³/mol. The summed E-state index contributed by atoms with van der Waals surface area (Å²) >= 11 is 0. The Kier molecular flexibility index (Phi) is 6.55. The first-order valence-corrected chi connectivity index (χ1v) is 18.1. The molecule has 2 heterocycles. The molecule has 0 atom stereocenters. The number of rotatable bonds is 5. The van der Waals surface area contributed by atoms with E-state index in [1.165, 1.54) is 49.0 Å². The van der Waals surface area contributed by atoms with Gasteiger partial charge in [-0.25, -0.2) is 0 Å². The zero-order chi connectivity index (χ0) is 34.9. The van der Waals surface area contributed by atoms with E-state index in [4.69, 9.17) is 4.42 Å². The van der Waals surface area contributed by atoms with Crippen molar-refractivity contribution in [2.75, 3.05) is 4.90 Å². The van der Waals surface area contributed by atoms with E-state index in [1.807, 2.05) is 0 Å². The molecule has 0 bridgehead atoms. The fraction of sp³-hybridized carbons (Fsp3) is 0. The standard InChI is InChI=1S/C50H32N2O/c1-3-14-33(15-4-1)43-32-38(30-35-17-8-9-20-39(35)43)51(47-25-13-23-42-49-40-21-10-7-16-34(40)26-29-48(49)53-50(42)47)37-27-28-46-44(31-37)41-22-11-12-24-45(41)52(46)36-18-5-2-6-19-36/h1-32H. The van der Waals surface area contributed by atoms with Crippen molar-refractivity contribution in [3.8, 4) is 16.8 Å². The van der Waals surface area contributed by atoms with Crippen molar-refractivity contribution in [1.82, 2.24) is 4.57 Å². The van der Waals surface area contributed by atoms with E-state index in [-0.39, 0.29) is 0 Å². The van der Waals surface area contributed by atoms with Crippen LogP contribution in [0.1, 0.15) is 0 Å². The molecule has 0 fully saturated rings. The molecule has 0 aliphatic rings. The lowest BCUT2D eigenvalue weighted by molar-refractivity contribution is 0.669. The average Bonchev–Trinajstić information content (AvgIpc) is 3.78. The van der Waals surface area contributed by atoms with Gasteiger partial charge in [-0.3, -0.25) is 0 Å². The molecule has 53 heavy (non-hydrogen) atoms. The predicted octanol–water partition coefficient (Wildman–Crippen LogP) is 14.1. The zero-order valence-electron chi connectivity index (χ0n) is 28.8. The number of aromatic nitrogens is 1. The van der Waals surface area contributed by atoms with Crippen molar-refractivity contribution in [3.63, 3.8) is 0 Å². The minimum Gasteiger partial charge on any atom is -0.454 e. The second kappa shape index (κ2) is 11.7. The number of hydrogen-bond acceptors (Lipinski definition) is 2. The van der Waals surface area contributed by atoms with Crippen molar-refractivity contribution in [1.29, 1.82) is 0 Å². The molecule has 3 nitrogen and oxygen atoms in total. The lowest BCUT2D eigenvalue weighted by Crippen LogP contribution is -2.10. The summed E-state index contributed by atoms with van der Waals surface area (Å²) in [5, 5.41) is 9.45. The van der Waals surface area contributed by atoms with Crippen LogP contribution in [0.25, 0.3) is 82.1 Å². The van der Waals surface area contributed by atoms with E-state index in [2.05, 4.69) is 204 Å². The van der Waals surface area contributed by atoms with Crippen LogP contribution in [-0.4, -0.2) is 4.57 Å². The Hall–Kier alpha value is -7.10. The van der Waals surface area contributed by atoms with Gasteiger partial charge in [0.2, 0.25) is 0 Å². The Bertz CT molecular complexity index is 3170. The summed E-state index contributed by atoms with van der Waals surface area (Å²) in [6.45, 7) is 0. The summed E-state index contributed by atoms with van der Waals surface area (Å²) in [6.07, 6.45) is 0. The van der Waals surface area contributed by atoms with Crippen LogP contribution in [0.3, 0.4) is 0 Å². The Balaban J connectivity index is 1.23. The Morgan fingerprint density at radius 1 is 0.415 bits per heavy atom. The highest BCUT2D eigenvalue weighted by Gasteiger charge is 2.23. The molecule has 11 rings (SSSR count). The molecule has 0 saturated carbocycles. The number of nitrogens with zero attached hydrogens (tertiary/aromatic N) is 2. The summed E-state index contributed by atoms with van der Waals surface area (Å²) in [7, 11) is 0. The third-order valence-corrected chi connectivity index (χ3v) is 10.7. The summed E-state index contributed by atoms with van der Waals surface area (Å²) in [6, 6.07) is 69.7. The number of benzene rings is 9. The first-order valence-electron chi connectivity index (χ1n) is 18.1. The minimum absolute atomic E-state index is 0.861. The van der Waals surface area contributed by atoms with Gasteiger partial charge < -0.3 is 13.9 Å². The lowest BCUT2D eigenvalue weighted by Gasteiger charge is -2.27. The first kappa shape index (κ1) is 29.6. The molecule has 248 valence electrons. The number of anilines is 3. The summed E-state index contributed by atoms with van der Waals surface area (Å²) in [5.41, 5.74) is 10.7. The topological polar surface area (TPSA) is 21.3 Å². The van der Waals surface area contributed by atoms with E-state index in [0.29, 0.717) is 0 Å². The molecule has 0 aliphatic heterocycles. The van der Waals surface area contributed by atoms with Gasteiger partial charge in [-0.05, 0) is 93.3 Å². The molecule has 0 unspecified atom stereocenters. The quantitative estimate of drug-likeness (QED) is 0.181. The summed E-state index contributed by atoms with van der Waals surface area (Å²) < 4.78 is 9.26. The van der Waals surface area contributed by atoms with Crippen LogP contribution in [-0.2, 0) is 0 Å². The molecule has 11 aromatic rings. The van der Waals surface area contributed by atoms with E-state index in [0.717, 1.165) is 50.2 Å². The zero-order valence-corrected chi connectivity index (χ0v) is 28.8. The molecule has 0 aliphatic carbocycles. The van der Waals surface area contributed by atoms with Crippen LogP contribution in [0.2, 0.25) is 0 Å². The maximum Gasteiger partial charge on any atom is 0.159 e. The van der Waals surface area contributed by atoms with Crippen molar-refractivity contribution in [2.45, 2.75) is 0 Å². The van der Waals surface area contributed by atoms with E-state index in [9.17, 15) is 0 Å². The normalized spacial score (nSPS) is 11.8. The molecule has 2 aromatic heterocycles. The van der Waals surface area contributed by atoms with Crippen molar-refractivity contribution < 1.29 is 4.42 Å². The van der Waals surface area contributed by atoms with Gasteiger partial charge in [0.25, 0.3) is 0 Å². The highest BCUT2D eigenvalue weighted by Crippen LogP contribution is 2.47. The van der Waals surface area contributed by atoms with Crippen LogP contribution in [0.15, 0.2) is 199 Å². The molecule has 0 N–H and O–H groups in total. The number of hydrogen-bond donors (Lipinski definition) is 0. The molecule has 9 aromatic carbocycles. The summed E-state index contributed by atoms with van der Waals surface area (Å²) in [4.78, 5) is 2.39. The molecule has 0 saturated heterocycles. The number of para-hydroxylation sites is 3.